The number of nitrogens with one attached hydrogen (secondary N) is 1. The van der Waals surface area contributed by atoms with Gasteiger partial charge in [-0.2, -0.15) is 13.2 Å². The Bertz CT molecular complexity index is 692. The molecule has 0 radical (unpaired) electrons. The predicted molar refractivity (Wildman–Crippen MR) is 81.7 cm³/mol. The van der Waals surface area contributed by atoms with Crippen molar-refractivity contribution in [1.29, 1.82) is 0 Å². The Kier molecular flexibility index (Phi) is 4.52. The van der Waals surface area contributed by atoms with Crippen LogP contribution in [0.2, 0.25) is 0 Å². The third-order valence-electron chi connectivity index (χ3n) is 3.73. The number of rotatable bonds is 3. The number of ether oxygens (including phenoxy) is 1. The molecule has 1 fully saturated rings. The van der Waals surface area contributed by atoms with Gasteiger partial charge in [0.25, 0.3) is 0 Å². The highest BCUT2D eigenvalue weighted by Crippen LogP contribution is 2.31. The summed E-state index contributed by atoms with van der Waals surface area (Å²) in [6.07, 6.45) is -0.719. The van der Waals surface area contributed by atoms with Crippen LogP contribution in [-0.2, 0) is 10.9 Å². The van der Waals surface area contributed by atoms with Crippen molar-refractivity contribution in [3.63, 3.8) is 0 Å². The molecule has 0 spiro atoms. The van der Waals surface area contributed by atoms with Crippen molar-refractivity contribution in [2.24, 2.45) is 0 Å². The van der Waals surface area contributed by atoms with E-state index in [-0.39, 0.29) is 6.10 Å². The van der Waals surface area contributed by atoms with Crippen molar-refractivity contribution in [2.75, 3.05) is 37.0 Å². The fraction of sp³-hybridized carbons (Fsp3) is 0.400. The minimum Gasteiger partial charge on any atom is -0.372 e. The second-order valence-electron chi connectivity index (χ2n) is 5.25. The van der Waals surface area contributed by atoms with Crippen molar-refractivity contribution in [1.82, 2.24) is 15.0 Å². The molecule has 0 aromatic carbocycles. The molecule has 0 saturated carbocycles. The fourth-order valence-electron chi connectivity index (χ4n) is 2.54. The SMILES string of the molecule is CNc1nccnc1[C@H]1CN(c2ccc(C(F)(F)F)cn2)CCO1. The zero-order chi connectivity index (χ0) is 17.2. The number of anilines is 2. The second kappa shape index (κ2) is 6.60. The van der Waals surface area contributed by atoms with Gasteiger partial charge in [0.2, 0.25) is 0 Å². The van der Waals surface area contributed by atoms with E-state index in [1.165, 1.54) is 6.07 Å². The number of nitrogens with zero attached hydrogens (tertiary/aromatic N) is 4. The van der Waals surface area contributed by atoms with E-state index >= 15 is 0 Å². The van der Waals surface area contributed by atoms with Gasteiger partial charge in [0, 0.05) is 32.2 Å². The van der Waals surface area contributed by atoms with E-state index < -0.39 is 11.7 Å². The normalized spacial score (nSPS) is 18.5. The summed E-state index contributed by atoms with van der Waals surface area (Å²) in [4.78, 5) is 14.3. The number of aromatic nitrogens is 3. The molecule has 0 aliphatic carbocycles. The van der Waals surface area contributed by atoms with E-state index in [4.69, 9.17) is 4.74 Å². The predicted octanol–water partition coefficient (Wildman–Crippen LogP) is 2.51. The molecule has 24 heavy (non-hydrogen) atoms. The van der Waals surface area contributed by atoms with Gasteiger partial charge in [-0.15, -0.1) is 0 Å². The van der Waals surface area contributed by atoms with Gasteiger partial charge >= 0.3 is 6.18 Å². The summed E-state index contributed by atoms with van der Waals surface area (Å²) in [7, 11) is 1.74. The van der Waals surface area contributed by atoms with E-state index in [1.54, 1.807) is 19.4 Å². The molecule has 0 amide bonds. The third-order valence-corrected chi connectivity index (χ3v) is 3.73. The Morgan fingerprint density at radius 1 is 1.21 bits per heavy atom. The summed E-state index contributed by atoms with van der Waals surface area (Å²) in [5, 5.41) is 2.96. The summed E-state index contributed by atoms with van der Waals surface area (Å²) in [5.74, 6) is 1.09. The van der Waals surface area contributed by atoms with Crippen molar-refractivity contribution < 1.29 is 17.9 Å². The Morgan fingerprint density at radius 3 is 2.67 bits per heavy atom. The maximum absolute atomic E-state index is 12.6. The second-order valence-corrected chi connectivity index (χ2v) is 5.25. The van der Waals surface area contributed by atoms with Gasteiger partial charge in [0.05, 0.1) is 18.7 Å². The lowest BCUT2D eigenvalue weighted by atomic mass is 10.2. The highest BCUT2D eigenvalue weighted by atomic mass is 19.4. The van der Waals surface area contributed by atoms with Crippen LogP contribution in [-0.4, -0.2) is 41.7 Å². The van der Waals surface area contributed by atoms with Crippen LogP contribution in [0.5, 0.6) is 0 Å². The van der Waals surface area contributed by atoms with Crippen LogP contribution in [0.1, 0.15) is 17.4 Å². The van der Waals surface area contributed by atoms with Gasteiger partial charge < -0.3 is 15.0 Å². The highest BCUT2D eigenvalue weighted by Gasteiger charge is 2.31. The monoisotopic (exact) mass is 339 g/mol. The first-order valence-corrected chi connectivity index (χ1v) is 7.37. The summed E-state index contributed by atoms with van der Waals surface area (Å²) < 4.78 is 43.6. The van der Waals surface area contributed by atoms with E-state index in [0.717, 1.165) is 12.3 Å². The first-order valence-electron chi connectivity index (χ1n) is 7.37. The van der Waals surface area contributed by atoms with Crippen LogP contribution < -0.4 is 10.2 Å². The fourth-order valence-corrected chi connectivity index (χ4v) is 2.54. The molecule has 0 unspecified atom stereocenters. The maximum atomic E-state index is 12.6. The maximum Gasteiger partial charge on any atom is 0.417 e. The Hall–Kier alpha value is -2.42. The number of morpholine rings is 1. The molecule has 1 saturated heterocycles. The molecule has 1 aliphatic heterocycles. The van der Waals surface area contributed by atoms with Crippen LogP contribution in [0.3, 0.4) is 0 Å². The molecule has 1 N–H and O–H groups in total. The average Bonchev–Trinajstić information content (AvgIpc) is 2.61. The minimum atomic E-state index is -4.39. The van der Waals surface area contributed by atoms with E-state index in [9.17, 15) is 13.2 Å². The lowest BCUT2D eigenvalue weighted by molar-refractivity contribution is -0.137. The first-order chi connectivity index (χ1) is 11.5. The Balaban J connectivity index is 1.78. The molecule has 1 aliphatic rings. The van der Waals surface area contributed by atoms with Crippen LogP contribution in [0.4, 0.5) is 24.8 Å². The Labute approximate surface area is 136 Å². The molecule has 6 nitrogen and oxygen atoms in total. The van der Waals surface area contributed by atoms with Gasteiger partial charge in [0.1, 0.15) is 23.4 Å². The van der Waals surface area contributed by atoms with Crippen molar-refractivity contribution in [3.8, 4) is 0 Å². The molecule has 2 aromatic heterocycles. The molecule has 9 heteroatoms. The molecular formula is C15H16F3N5O. The number of hydrogen-bond acceptors (Lipinski definition) is 6. The topological polar surface area (TPSA) is 63.2 Å². The molecular weight excluding hydrogens is 323 g/mol. The molecule has 1 atom stereocenters. The summed E-state index contributed by atoms with van der Waals surface area (Å²) in [5.41, 5.74) is -0.0981. The zero-order valence-electron chi connectivity index (χ0n) is 12.9. The number of pyridine rings is 1. The Morgan fingerprint density at radius 2 is 2.00 bits per heavy atom. The zero-order valence-corrected chi connectivity index (χ0v) is 12.9. The van der Waals surface area contributed by atoms with Crippen LogP contribution in [0.15, 0.2) is 30.7 Å². The largest absolute Gasteiger partial charge is 0.417 e. The highest BCUT2D eigenvalue weighted by molar-refractivity contribution is 5.44. The quantitative estimate of drug-likeness (QED) is 0.927. The minimum absolute atomic E-state index is 0.334. The van der Waals surface area contributed by atoms with E-state index in [1.807, 2.05) is 4.90 Å². The summed E-state index contributed by atoms with van der Waals surface area (Å²) >= 11 is 0. The van der Waals surface area contributed by atoms with E-state index in [2.05, 4.69) is 20.3 Å². The number of halogens is 3. The van der Waals surface area contributed by atoms with Gasteiger partial charge in [-0.05, 0) is 12.1 Å². The van der Waals surface area contributed by atoms with Crippen LogP contribution in [0, 0.1) is 0 Å². The number of alkyl halides is 3. The van der Waals surface area contributed by atoms with Crippen molar-refractivity contribution in [2.45, 2.75) is 12.3 Å². The van der Waals surface area contributed by atoms with Crippen molar-refractivity contribution in [3.05, 3.63) is 42.0 Å². The molecule has 3 rings (SSSR count). The van der Waals surface area contributed by atoms with Gasteiger partial charge in [-0.3, -0.25) is 4.98 Å². The lowest BCUT2D eigenvalue weighted by Crippen LogP contribution is -2.39. The van der Waals surface area contributed by atoms with Gasteiger partial charge in [0.15, 0.2) is 0 Å². The third kappa shape index (κ3) is 3.40. The van der Waals surface area contributed by atoms with Gasteiger partial charge in [-0.25, -0.2) is 9.97 Å². The van der Waals surface area contributed by atoms with Gasteiger partial charge in [-0.1, -0.05) is 0 Å². The van der Waals surface area contributed by atoms with Crippen LogP contribution >= 0.6 is 0 Å². The summed E-state index contributed by atoms with van der Waals surface area (Å²) in [6.45, 7) is 1.41. The lowest BCUT2D eigenvalue weighted by Gasteiger charge is -2.33. The molecule has 3 heterocycles. The van der Waals surface area contributed by atoms with Crippen LogP contribution in [0.25, 0.3) is 0 Å². The first kappa shape index (κ1) is 16.4. The average molecular weight is 339 g/mol. The van der Waals surface area contributed by atoms with Crippen molar-refractivity contribution >= 4 is 11.6 Å². The number of hydrogen-bond donors (Lipinski definition) is 1. The smallest absolute Gasteiger partial charge is 0.372 e. The molecule has 128 valence electrons. The molecule has 0 bridgehead atoms. The molecule has 2 aromatic rings. The standard InChI is InChI=1S/C15H16F3N5O/c1-19-14-13(20-4-5-21-14)11-9-23(6-7-24-11)12-3-2-10(8-22-12)15(16,17)18/h2-5,8,11H,6-7,9H2,1H3,(H,19,21)/t11-/m1/s1. The summed E-state index contributed by atoms with van der Waals surface area (Å²) in [6, 6.07) is 2.41. The van der Waals surface area contributed by atoms with E-state index in [0.29, 0.717) is 37.0 Å².